The van der Waals surface area contributed by atoms with Crippen molar-refractivity contribution in [3.8, 4) is 17.2 Å². The Morgan fingerprint density at radius 1 is 0.964 bits per heavy atom. The zero-order chi connectivity index (χ0) is 20.1. The Bertz CT molecular complexity index is 1090. The fourth-order valence-electron chi connectivity index (χ4n) is 3.00. The minimum absolute atomic E-state index is 0.178. The van der Waals surface area contributed by atoms with E-state index in [0.717, 1.165) is 16.9 Å². The average molecular weight is 378 g/mol. The molecule has 144 valence electrons. The summed E-state index contributed by atoms with van der Waals surface area (Å²) in [6.45, 7) is 3.78. The minimum atomic E-state index is -0.178. The van der Waals surface area contributed by atoms with Gasteiger partial charge in [-0.3, -0.25) is 4.79 Å². The second kappa shape index (κ2) is 8.48. The standard InChI is InChI=1S/C23H22O5/c1-5-6-16-11-15(8-10-20(16)26-3)7-9-17-12-19(24)23-21(27-4)13-18(25-2)14-22(23)28-17/h5,7-14H,1,6H2,2-4H3. The van der Waals surface area contributed by atoms with Crippen molar-refractivity contribution in [2.24, 2.45) is 0 Å². The van der Waals surface area contributed by atoms with Crippen LogP contribution < -0.4 is 19.6 Å². The van der Waals surface area contributed by atoms with Crippen molar-refractivity contribution < 1.29 is 18.6 Å². The fraction of sp³-hybridized carbons (Fsp3) is 0.174. The van der Waals surface area contributed by atoms with Crippen LogP contribution in [0.1, 0.15) is 16.9 Å². The summed E-state index contributed by atoms with van der Waals surface area (Å²) in [6, 6.07) is 10.6. The van der Waals surface area contributed by atoms with Crippen LogP contribution in [0.5, 0.6) is 17.2 Å². The molecule has 1 aromatic heterocycles. The molecule has 3 aromatic rings. The topological polar surface area (TPSA) is 57.9 Å². The van der Waals surface area contributed by atoms with Crippen molar-refractivity contribution in [1.82, 2.24) is 0 Å². The van der Waals surface area contributed by atoms with Crippen LogP contribution in [0.25, 0.3) is 23.1 Å². The van der Waals surface area contributed by atoms with Gasteiger partial charge in [-0.25, -0.2) is 0 Å². The van der Waals surface area contributed by atoms with E-state index in [2.05, 4.69) is 6.58 Å². The van der Waals surface area contributed by atoms with Gasteiger partial charge in [-0.2, -0.15) is 0 Å². The molecule has 0 atom stereocenters. The summed E-state index contributed by atoms with van der Waals surface area (Å²) >= 11 is 0. The smallest absolute Gasteiger partial charge is 0.197 e. The second-order valence-corrected chi connectivity index (χ2v) is 6.11. The van der Waals surface area contributed by atoms with Crippen molar-refractivity contribution in [1.29, 1.82) is 0 Å². The van der Waals surface area contributed by atoms with Crippen molar-refractivity contribution in [2.75, 3.05) is 21.3 Å². The van der Waals surface area contributed by atoms with Gasteiger partial charge in [0.25, 0.3) is 0 Å². The Hall–Kier alpha value is -3.47. The van der Waals surface area contributed by atoms with Gasteiger partial charge < -0.3 is 18.6 Å². The summed E-state index contributed by atoms with van der Waals surface area (Å²) in [7, 11) is 4.70. The van der Waals surface area contributed by atoms with Gasteiger partial charge in [0, 0.05) is 18.2 Å². The van der Waals surface area contributed by atoms with E-state index in [1.165, 1.54) is 13.2 Å². The number of rotatable bonds is 7. The van der Waals surface area contributed by atoms with E-state index in [0.29, 0.717) is 34.6 Å². The van der Waals surface area contributed by atoms with Crippen LogP contribution in [0.15, 0.2) is 58.3 Å². The van der Waals surface area contributed by atoms with Crippen LogP contribution in [0.2, 0.25) is 0 Å². The van der Waals surface area contributed by atoms with Crippen LogP contribution in [-0.4, -0.2) is 21.3 Å². The summed E-state index contributed by atoms with van der Waals surface area (Å²) in [4.78, 5) is 12.6. The molecule has 0 aliphatic rings. The lowest BCUT2D eigenvalue weighted by molar-refractivity contribution is 0.396. The van der Waals surface area contributed by atoms with Gasteiger partial charge in [-0.05, 0) is 35.8 Å². The fourth-order valence-corrected chi connectivity index (χ4v) is 3.00. The molecular weight excluding hydrogens is 356 g/mol. The number of ether oxygens (including phenoxy) is 3. The van der Waals surface area contributed by atoms with E-state index in [-0.39, 0.29) is 5.43 Å². The molecule has 5 nitrogen and oxygen atoms in total. The number of methoxy groups -OCH3 is 3. The molecule has 2 aromatic carbocycles. The summed E-state index contributed by atoms with van der Waals surface area (Å²) in [5.41, 5.74) is 2.23. The number of fused-ring (bicyclic) bond motifs is 1. The highest BCUT2D eigenvalue weighted by molar-refractivity contribution is 5.86. The molecule has 0 aliphatic carbocycles. The first-order valence-corrected chi connectivity index (χ1v) is 8.75. The SMILES string of the molecule is C=CCc1cc(C=Cc2cc(=O)c3c(OC)cc(OC)cc3o2)ccc1OC. The molecule has 0 bridgehead atoms. The predicted molar refractivity (Wildman–Crippen MR) is 111 cm³/mol. The van der Waals surface area contributed by atoms with Gasteiger partial charge >= 0.3 is 0 Å². The lowest BCUT2D eigenvalue weighted by Gasteiger charge is -2.08. The van der Waals surface area contributed by atoms with Crippen molar-refractivity contribution in [2.45, 2.75) is 6.42 Å². The van der Waals surface area contributed by atoms with Crippen LogP contribution in [0.3, 0.4) is 0 Å². The summed E-state index contributed by atoms with van der Waals surface area (Å²) < 4.78 is 21.8. The largest absolute Gasteiger partial charge is 0.496 e. The van der Waals surface area contributed by atoms with Crippen LogP contribution >= 0.6 is 0 Å². The number of allylic oxidation sites excluding steroid dienone is 1. The molecule has 0 saturated heterocycles. The Morgan fingerprint density at radius 3 is 2.43 bits per heavy atom. The maximum absolute atomic E-state index is 12.6. The zero-order valence-electron chi connectivity index (χ0n) is 16.2. The van der Waals surface area contributed by atoms with E-state index >= 15 is 0 Å². The molecule has 0 radical (unpaired) electrons. The van der Waals surface area contributed by atoms with Gasteiger partial charge in [0.05, 0.1) is 21.3 Å². The number of hydrogen-bond acceptors (Lipinski definition) is 5. The lowest BCUT2D eigenvalue weighted by Crippen LogP contribution is -2.03. The normalized spacial score (nSPS) is 11.0. The Morgan fingerprint density at radius 2 is 1.75 bits per heavy atom. The highest BCUT2D eigenvalue weighted by Crippen LogP contribution is 2.30. The molecule has 1 heterocycles. The summed E-state index contributed by atoms with van der Waals surface area (Å²) in [5.74, 6) is 2.23. The Kier molecular flexibility index (Phi) is 5.84. The van der Waals surface area contributed by atoms with Crippen LogP contribution in [0.4, 0.5) is 0 Å². The predicted octanol–water partition coefficient (Wildman–Crippen LogP) is 4.72. The van der Waals surface area contributed by atoms with Gasteiger partial charge in [-0.15, -0.1) is 6.58 Å². The first-order chi connectivity index (χ1) is 13.6. The Balaban J connectivity index is 2.01. The average Bonchev–Trinajstić information content (AvgIpc) is 2.71. The molecule has 0 unspecified atom stereocenters. The lowest BCUT2D eigenvalue weighted by atomic mass is 10.1. The van der Waals surface area contributed by atoms with E-state index in [4.69, 9.17) is 18.6 Å². The first kappa shape index (κ1) is 19.3. The van der Waals surface area contributed by atoms with E-state index in [1.807, 2.05) is 30.4 Å². The molecular formula is C23H22O5. The van der Waals surface area contributed by atoms with E-state index in [9.17, 15) is 4.79 Å². The highest BCUT2D eigenvalue weighted by atomic mass is 16.5. The monoisotopic (exact) mass is 378 g/mol. The number of hydrogen-bond donors (Lipinski definition) is 0. The van der Waals surface area contributed by atoms with Gasteiger partial charge in [0.1, 0.15) is 34.0 Å². The molecule has 0 saturated carbocycles. The molecule has 28 heavy (non-hydrogen) atoms. The maximum atomic E-state index is 12.6. The van der Waals surface area contributed by atoms with Crippen LogP contribution in [0, 0.1) is 0 Å². The second-order valence-electron chi connectivity index (χ2n) is 6.11. The van der Waals surface area contributed by atoms with Crippen molar-refractivity contribution in [3.05, 3.63) is 76.2 Å². The first-order valence-electron chi connectivity index (χ1n) is 8.75. The zero-order valence-corrected chi connectivity index (χ0v) is 16.2. The minimum Gasteiger partial charge on any atom is -0.496 e. The van der Waals surface area contributed by atoms with E-state index < -0.39 is 0 Å². The highest BCUT2D eigenvalue weighted by Gasteiger charge is 2.12. The third kappa shape index (κ3) is 3.93. The van der Waals surface area contributed by atoms with E-state index in [1.54, 1.807) is 32.4 Å². The van der Waals surface area contributed by atoms with Crippen LogP contribution in [-0.2, 0) is 6.42 Å². The summed E-state index contributed by atoms with van der Waals surface area (Å²) in [5, 5.41) is 0.387. The van der Waals surface area contributed by atoms with Crippen molar-refractivity contribution >= 4 is 23.1 Å². The quantitative estimate of drug-likeness (QED) is 0.557. The third-order valence-corrected chi connectivity index (χ3v) is 4.35. The molecule has 5 heteroatoms. The molecule has 3 rings (SSSR count). The maximum Gasteiger partial charge on any atom is 0.197 e. The third-order valence-electron chi connectivity index (χ3n) is 4.35. The van der Waals surface area contributed by atoms with Gasteiger partial charge in [-0.1, -0.05) is 18.2 Å². The molecule has 0 amide bonds. The molecule has 0 fully saturated rings. The van der Waals surface area contributed by atoms with Gasteiger partial charge in [0.15, 0.2) is 5.43 Å². The molecule has 0 spiro atoms. The molecule has 0 N–H and O–H groups in total. The Labute approximate surface area is 163 Å². The van der Waals surface area contributed by atoms with Crippen molar-refractivity contribution in [3.63, 3.8) is 0 Å². The number of benzene rings is 2. The molecule has 0 aliphatic heterocycles. The summed E-state index contributed by atoms with van der Waals surface area (Å²) in [6.07, 6.45) is 6.17. The van der Waals surface area contributed by atoms with Gasteiger partial charge in [0.2, 0.25) is 0 Å².